The third-order valence-electron chi connectivity index (χ3n) is 3.25. The van der Waals surface area contributed by atoms with Gasteiger partial charge in [-0.3, -0.25) is 4.90 Å². The summed E-state index contributed by atoms with van der Waals surface area (Å²) in [5.41, 5.74) is 0.541. The molecule has 1 heterocycles. The van der Waals surface area contributed by atoms with Crippen LogP contribution in [0.3, 0.4) is 0 Å². The van der Waals surface area contributed by atoms with Crippen molar-refractivity contribution in [2.24, 2.45) is 0 Å². The first-order chi connectivity index (χ1) is 9.69. The molecule has 0 aromatic heterocycles. The van der Waals surface area contributed by atoms with Crippen LogP contribution in [0.2, 0.25) is 0 Å². The van der Waals surface area contributed by atoms with Gasteiger partial charge >= 0.3 is 5.97 Å². The fraction of sp³-hybridized carbons (Fsp3) is 0.533. The van der Waals surface area contributed by atoms with E-state index in [0.29, 0.717) is 5.56 Å². The van der Waals surface area contributed by atoms with Gasteiger partial charge < -0.3 is 14.2 Å². The molecule has 5 nitrogen and oxygen atoms in total. The molecule has 1 aromatic carbocycles. The van der Waals surface area contributed by atoms with Gasteiger partial charge in [0.1, 0.15) is 11.9 Å². The van der Waals surface area contributed by atoms with Crippen LogP contribution in [0, 0.1) is 0 Å². The Morgan fingerprint density at radius 3 is 2.55 bits per heavy atom. The van der Waals surface area contributed by atoms with Crippen LogP contribution in [0.15, 0.2) is 24.3 Å². The highest BCUT2D eigenvalue weighted by Gasteiger charge is 2.17. The molecule has 2 rings (SSSR count). The summed E-state index contributed by atoms with van der Waals surface area (Å²) in [6.07, 6.45) is -0.136. The normalized spacial score (nSPS) is 17.5. The molecule has 110 valence electrons. The quantitative estimate of drug-likeness (QED) is 0.766. The molecule has 1 aromatic rings. The maximum absolute atomic E-state index is 12.0. The van der Waals surface area contributed by atoms with E-state index in [0.717, 1.165) is 38.6 Å². The molecule has 0 N–H and O–H groups in total. The molecular formula is C15H21NO4. The summed E-state index contributed by atoms with van der Waals surface area (Å²) in [7, 11) is 1.59. The highest BCUT2D eigenvalue weighted by molar-refractivity contribution is 5.89. The molecule has 0 bridgehead atoms. The van der Waals surface area contributed by atoms with Crippen molar-refractivity contribution in [1.82, 2.24) is 4.90 Å². The summed E-state index contributed by atoms with van der Waals surface area (Å²) in [6, 6.07) is 6.93. The second kappa shape index (κ2) is 7.26. The Hall–Kier alpha value is -1.59. The first kappa shape index (κ1) is 14.8. The van der Waals surface area contributed by atoms with Gasteiger partial charge in [-0.1, -0.05) is 0 Å². The van der Waals surface area contributed by atoms with Gasteiger partial charge in [0.25, 0.3) is 0 Å². The second-order valence-corrected chi connectivity index (χ2v) is 4.86. The number of methoxy groups -OCH3 is 1. The Bertz CT molecular complexity index is 426. The number of morpholine rings is 1. The van der Waals surface area contributed by atoms with Crippen LogP contribution in [0.4, 0.5) is 0 Å². The predicted molar refractivity (Wildman–Crippen MR) is 75.1 cm³/mol. The van der Waals surface area contributed by atoms with E-state index in [2.05, 4.69) is 4.90 Å². The van der Waals surface area contributed by atoms with Crippen molar-refractivity contribution in [2.45, 2.75) is 13.0 Å². The fourth-order valence-corrected chi connectivity index (χ4v) is 2.16. The van der Waals surface area contributed by atoms with E-state index in [1.807, 2.05) is 6.92 Å². The van der Waals surface area contributed by atoms with Crippen LogP contribution in [-0.2, 0) is 9.47 Å². The molecule has 5 heteroatoms. The molecule has 0 radical (unpaired) electrons. The highest BCUT2D eigenvalue weighted by atomic mass is 16.5. The minimum Gasteiger partial charge on any atom is -0.497 e. The number of ether oxygens (including phenoxy) is 3. The van der Waals surface area contributed by atoms with Crippen molar-refractivity contribution >= 4 is 5.97 Å². The molecule has 0 saturated carbocycles. The Morgan fingerprint density at radius 1 is 1.30 bits per heavy atom. The van der Waals surface area contributed by atoms with Crippen molar-refractivity contribution < 1.29 is 19.0 Å². The standard InChI is InChI=1S/C15H21NO4/c1-12(11-16-7-9-19-10-8-16)20-15(17)13-3-5-14(18-2)6-4-13/h3-6,12H,7-11H2,1-2H3/t12-/m0/s1. The average Bonchev–Trinajstić information content (AvgIpc) is 2.48. The van der Waals surface area contributed by atoms with Crippen molar-refractivity contribution in [1.29, 1.82) is 0 Å². The van der Waals surface area contributed by atoms with Crippen LogP contribution in [0.1, 0.15) is 17.3 Å². The first-order valence-corrected chi connectivity index (χ1v) is 6.84. The minimum atomic E-state index is -0.298. The van der Waals surface area contributed by atoms with E-state index in [-0.39, 0.29) is 12.1 Å². The first-order valence-electron chi connectivity index (χ1n) is 6.84. The molecule has 0 aliphatic carbocycles. The maximum Gasteiger partial charge on any atom is 0.338 e. The van der Waals surface area contributed by atoms with E-state index in [1.54, 1.807) is 31.4 Å². The van der Waals surface area contributed by atoms with Crippen LogP contribution in [0.5, 0.6) is 5.75 Å². The number of esters is 1. The number of benzene rings is 1. The van der Waals surface area contributed by atoms with Gasteiger partial charge in [-0.25, -0.2) is 4.79 Å². The summed E-state index contributed by atoms with van der Waals surface area (Å²) >= 11 is 0. The maximum atomic E-state index is 12.0. The Labute approximate surface area is 119 Å². The number of carbonyl (C=O) groups is 1. The van der Waals surface area contributed by atoms with Gasteiger partial charge in [0, 0.05) is 19.6 Å². The molecule has 1 saturated heterocycles. The zero-order chi connectivity index (χ0) is 14.4. The topological polar surface area (TPSA) is 48.0 Å². The van der Waals surface area contributed by atoms with E-state index in [9.17, 15) is 4.79 Å². The van der Waals surface area contributed by atoms with E-state index < -0.39 is 0 Å². The van der Waals surface area contributed by atoms with E-state index in [1.165, 1.54) is 0 Å². The van der Waals surface area contributed by atoms with Gasteiger partial charge in [-0.2, -0.15) is 0 Å². The minimum absolute atomic E-state index is 0.136. The van der Waals surface area contributed by atoms with Crippen LogP contribution in [-0.4, -0.2) is 56.9 Å². The molecule has 1 aliphatic rings. The van der Waals surface area contributed by atoms with E-state index >= 15 is 0 Å². The monoisotopic (exact) mass is 279 g/mol. The molecule has 1 atom stereocenters. The zero-order valence-corrected chi connectivity index (χ0v) is 12.0. The molecule has 0 amide bonds. The number of carbonyl (C=O) groups excluding carboxylic acids is 1. The molecular weight excluding hydrogens is 258 g/mol. The van der Waals surface area contributed by atoms with Gasteiger partial charge in [-0.05, 0) is 31.2 Å². The Balaban J connectivity index is 1.82. The molecule has 0 spiro atoms. The average molecular weight is 279 g/mol. The second-order valence-electron chi connectivity index (χ2n) is 4.86. The van der Waals surface area contributed by atoms with Crippen molar-refractivity contribution in [3.63, 3.8) is 0 Å². The summed E-state index contributed by atoms with van der Waals surface area (Å²) in [4.78, 5) is 14.2. The molecule has 20 heavy (non-hydrogen) atoms. The lowest BCUT2D eigenvalue weighted by molar-refractivity contribution is 0.000447. The van der Waals surface area contributed by atoms with Crippen molar-refractivity contribution in [2.75, 3.05) is 40.0 Å². The third-order valence-corrected chi connectivity index (χ3v) is 3.25. The number of hydrogen-bond acceptors (Lipinski definition) is 5. The number of rotatable bonds is 5. The Morgan fingerprint density at radius 2 is 1.95 bits per heavy atom. The lowest BCUT2D eigenvalue weighted by atomic mass is 10.2. The molecule has 1 aliphatic heterocycles. The highest BCUT2D eigenvalue weighted by Crippen LogP contribution is 2.13. The SMILES string of the molecule is COc1ccc(C(=O)O[C@@H](C)CN2CCOCC2)cc1. The smallest absolute Gasteiger partial charge is 0.338 e. The number of hydrogen-bond donors (Lipinski definition) is 0. The van der Waals surface area contributed by atoms with Gasteiger partial charge in [0.05, 0.1) is 25.9 Å². The van der Waals surface area contributed by atoms with Crippen LogP contribution in [0.25, 0.3) is 0 Å². The molecule has 0 unspecified atom stereocenters. The lowest BCUT2D eigenvalue weighted by Crippen LogP contribution is -2.41. The van der Waals surface area contributed by atoms with Crippen molar-refractivity contribution in [3.05, 3.63) is 29.8 Å². The molecule has 1 fully saturated rings. The van der Waals surface area contributed by atoms with Crippen LogP contribution < -0.4 is 4.74 Å². The fourth-order valence-electron chi connectivity index (χ4n) is 2.16. The van der Waals surface area contributed by atoms with Crippen molar-refractivity contribution in [3.8, 4) is 5.75 Å². The summed E-state index contributed by atoms with van der Waals surface area (Å²) in [5, 5.41) is 0. The summed E-state index contributed by atoms with van der Waals surface area (Å²) < 4.78 is 15.8. The van der Waals surface area contributed by atoms with E-state index in [4.69, 9.17) is 14.2 Å². The number of nitrogens with zero attached hydrogens (tertiary/aromatic N) is 1. The van der Waals surface area contributed by atoms with Gasteiger partial charge in [0.2, 0.25) is 0 Å². The van der Waals surface area contributed by atoms with Crippen LogP contribution >= 0.6 is 0 Å². The summed E-state index contributed by atoms with van der Waals surface area (Å²) in [5.74, 6) is 0.427. The third kappa shape index (κ3) is 4.21. The lowest BCUT2D eigenvalue weighted by Gasteiger charge is -2.28. The van der Waals surface area contributed by atoms with Gasteiger partial charge in [0.15, 0.2) is 0 Å². The van der Waals surface area contributed by atoms with Gasteiger partial charge in [-0.15, -0.1) is 0 Å². The predicted octanol–water partition coefficient (Wildman–Crippen LogP) is 1.57. The Kier molecular flexibility index (Phi) is 5.38. The largest absolute Gasteiger partial charge is 0.497 e. The zero-order valence-electron chi connectivity index (χ0n) is 12.0. The summed E-state index contributed by atoms with van der Waals surface area (Å²) in [6.45, 7) is 5.94.